The quantitative estimate of drug-likeness (QED) is 0.377. The molecule has 0 heterocycles. The van der Waals surface area contributed by atoms with Gasteiger partial charge in [0, 0.05) is 0 Å². The first-order valence-corrected chi connectivity index (χ1v) is 21.0. The van der Waals surface area contributed by atoms with E-state index in [0.29, 0.717) is 9.54 Å². The van der Waals surface area contributed by atoms with E-state index in [-0.39, 0.29) is 41.1 Å². The van der Waals surface area contributed by atoms with Crippen LogP contribution in [-0.2, 0) is 32.1 Å². The largest absolute Gasteiger partial charge is 1.00 e. The molecule has 1 unspecified atom stereocenters. The number of hydrogen-bond donors (Lipinski definition) is 0. The molecule has 5 aliphatic rings. The van der Waals surface area contributed by atoms with E-state index in [2.05, 4.69) is 118 Å². The maximum absolute atomic E-state index is 2.76. The number of rotatable bonds is 3. The maximum atomic E-state index is 2.76. The normalized spacial score (nSPS) is 22.1. The van der Waals surface area contributed by atoms with E-state index in [9.17, 15) is 0 Å². The number of benzene rings is 2. The van der Waals surface area contributed by atoms with Crippen molar-refractivity contribution < 1.29 is 46.1 Å². The molecule has 45 heavy (non-hydrogen) atoms. The number of fused-ring (bicyclic) bond motifs is 5. The molecule has 1 saturated carbocycles. The summed E-state index contributed by atoms with van der Waals surface area (Å²) >= 11 is -2.40. The van der Waals surface area contributed by atoms with E-state index >= 15 is 0 Å². The molecular weight excluding hydrogens is 667 g/mol. The van der Waals surface area contributed by atoms with Gasteiger partial charge in [-0.25, -0.2) is 0 Å². The third-order valence-corrected chi connectivity index (χ3v) is 20.4. The summed E-state index contributed by atoms with van der Waals surface area (Å²) in [6.45, 7) is 24.1. The molecule has 1 fully saturated rings. The topological polar surface area (TPSA) is 0 Å². The monoisotopic (exact) mass is 716 g/mol. The molecule has 0 aromatic heterocycles. The molecule has 0 spiro atoms. The standard InChI is InChI=1S/C25H25.C11H17.C6H10.2ClH.Zr/c1-14-12-24(3,4)22-8-16-7-17-9-23-19(15(2)13-25(23,5)6)11-21(17)20(16)10-18(14)22;1-5-9-6-7-10(8-9)11(2,3)4;1-2-4-6-5-3-1;;;/h7-13H,1-6H3;7-9H,5H2,1-4H3;1-5H2;2*1H;/q;;;;;+2/p-2. The predicted octanol–water partition coefficient (Wildman–Crippen LogP) is 5.80. The molecule has 0 N–H and O–H groups in total. The zero-order chi connectivity index (χ0) is 30.6. The van der Waals surface area contributed by atoms with Gasteiger partial charge in [0.1, 0.15) is 0 Å². The number of halogens is 2. The Morgan fingerprint density at radius 3 is 1.67 bits per heavy atom. The Hall–Kier alpha value is -1.27. The molecule has 238 valence electrons. The van der Waals surface area contributed by atoms with E-state index < -0.39 is 21.3 Å². The fourth-order valence-corrected chi connectivity index (χ4v) is 19.5. The molecule has 0 radical (unpaired) electrons. The second kappa shape index (κ2) is 12.0. The van der Waals surface area contributed by atoms with Gasteiger partial charge in [-0.15, -0.1) is 0 Å². The minimum Gasteiger partial charge on any atom is -1.00 e. The Labute approximate surface area is 293 Å². The van der Waals surface area contributed by atoms with E-state index in [4.69, 9.17) is 0 Å². The van der Waals surface area contributed by atoms with E-state index in [1.54, 1.807) is 39.0 Å². The van der Waals surface area contributed by atoms with Crippen molar-refractivity contribution in [3.63, 3.8) is 0 Å². The van der Waals surface area contributed by atoms with Crippen molar-refractivity contribution in [3.8, 4) is 11.1 Å². The molecule has 0 aliphatic heterocycles. The third kappa shape index (κ3) is 5.58. The Kier molecular flexibility index (Phi) is 9.35. The van der Waals surface area contributed by atoms with Gasteiger partial charge < -0.3 is 24.8 Å². The predicted molar refractivity (Wildman–Crippen MR) is 185 cm³/mol. The summed E-state index contributed by atoms with van der Waals surface area (Å²) in [6.07, 6.45) is 18.7. The molecule has 0 saturated heterocycles. The van der Waals surface area contributed by atoms with Crippen LogP contribution in [0.4, 0.5) is 0 Å². The van der Waals surface area contributed by atoms with Crippen LogP contribution in [0.3, 0.4) is 0 Å². The van der Waals surface area contributed by atoms with Gasteiger partial charge in [0.25, 0.3) is 0 Å². The molecule has 5 aliphatic carbocycles. The van der Waals surface area contributed by atoms with Crippen molar-refractivity contribution in [1.29, 1.82) is 0 Å². The summed E-state index contributed by atoms with van der Waals surface area (Å²) in [4.78, 5) is 0. The van der Waals surface area contributed by atoms with Crippen molar-refractivity contribution in [2.45, 2.75) is 122 Å². The summed E-state index contributed by atoms with van der Waals surface area (Å²) in [5, 5.41) is 0. The van der Waals surface area contributed by atoms with Crippen LogP contribution in [0.5, 0.6) is 0 Å². The third-order valence-electron chi connectivity index (χ3n) is 11.5. The van der Waals surface area contributed by atoms with Crippen molar-refractivity contribution in [1.82, 2.24) is 0 Å². The first kappa shape index (κ1) is 35.1. The number of hydrogen-bond acceptors (Lipinski definition) is 0. The minimum atomic E-state index is -2.40. The SMILES string of the molecule is CCC1C=C(C(C)(C)C)C=[C]1[Zr+2](=[C]1CCCCC1)[CH]1c2cc3c(cc2-c2cc4c(cc21)C(C)(C)C=C4C)C(C)=CC3(C)C.[Cl-].[Cl-]. The van der Waals surface area contributed by atoms with Crippen LogP contribution in [0.1, 0.15) is 145 Å². The van der Waals surface area contributed by atoms with Crippen LogP contribution in [-0.4, -0.2) is 3.21 Å². The minimum absolute atomic E-state index is 0. The van der Waals surface area contributed by atoms with E-state index in [0.717, 1.165) is 0 Å². The molecule has 0 bridgehead atoms. The first-order chi connectivity index (χ1) is 20.2. The average molecular weight is 719 g/mol. The van der Waals surface area contributed by atoms with Gasteiger partial charge in [-0.05, 0) is 0 Å². The first-order valence-electron chi connectivity index (χ1n) is 17.1. The molecule has 0 nitrogen and oxygen atoms in total. The summed E-state index contributed by atoms with van der Waals surface area (Å²) in [7, 11) is 0. The van der Waals surface area contributed by atoms with Crippen molar-refractivity contribution >= 4 is 14.4 Å². The molecule has 2 aromatic carbocycles. The molecule has 0 amide bonds. The van der Waals surface area contributed by atoms with Crippen LogP contribution in [0.25, 0.3) is 22.3 Å². The van der Waals surface area contributed by atoms with Gasteiger partial charge in [0.2, 0.25) is 0 Å². The molecule has 3 heteroatoms. The molecule has 2 aromatic rings. The van der Waals surface area contributed by atoms with Gasteiger partial charge in [0.15, 0.2) is 0 Å². The molecule has 1 atom stereocenters. The fourth-order valence-electron chi connectivity index (χ4n) is 9.30. The Balaban J connectivity index is 0.00000200. The molecule has 7 rings (SSSR count). The van der Waals surface area contributed by atoms with E-state index in [1.807, 2.05) is 6.49 Å². The number of allylic oxidation sites excluding steroid dienone is 8. The second-order valence-electron chi connectivity index (χ2n) is 16.6. The van der Waals surface area contributed by atoms with Gasteiger partial charge in [0.05, 0.1) is 0 Å². The van der Waals surface area contributed by atoms with Crippen molar-refractivity contribution in [2.75, 3.05) is 0 Å². The van der Waals surface area contributed by atoms with Gasteiger partial charge in [-0.1, -0.05) is 0 Å². The zero-order valence-corrected chi connectivity index (χ0v) is 33.2. The molecular formula is C42H52Cl2Zr. The zero-order valence-electron chi connectivity index (χ0n) is 29.3. The maximum Gasteiger partial charge on any atom is -1.00 e. The van der Waals surface area contributed by atoms with Crippen LogP contribution in [0.2, 0.25) is 0 Å². The van der Waals surface area contributed by atoms with Crippen molar-refractivity contribution in [3.05, 3.63) is 90.8 Å². The van der Waals surface area contributed by atoms with Crippen molar-refractivity contribution in [2.24, 2.45) is 11.3 Å². The van der Waals surface area contributed by atoms with Crippen LogP contribution in [0, 0.1) is 11.3 Å². The summed E-state index contributed by atoms with van der Waals surface area (Å²) in [5.74, 6) is 0.620. The van der Waals surface area contributed by atoms with Gasteiger partial charge >= 0.3 is 271 Å². The van der Waals surface area contributed by atoms with Gasteiger partial charge in [-0.3, -0.25) is 0 Å². The Bertz CT molecular complexity index is 1640. The summed E-state index contributed by atoms with van der Waals surface area (Å²) in [6, 6.07) is 10.7. The fraction of sp³-hybridized carbons (Fsp3) is 0.500. The van der Waals surface area contributed by atoms with Crippen LogP contribution in [0.15, 0.2) is 57.4 Å². The van der Waals surface area contributed by atoms with Crippen LogP contribution < -0.4 is 24.8 Å². The Morgan fingerprint density at radius 2 is 1.22 bits per heavy atom. The summed E-state index contributed by atoms with van der Waals surface area (Å²) < 4.78 is 4.50. The smallest absolute Gasteiger partial charge is 1.00 e. The Morgan fingerprint density at radius 1 is 0.733 bits per heavy atom. The average Bonchev–Trinajstić information content (AvgIpc) is 3.63. The summed E-state index contributed by atoms with van der Waals surface area (Å²) in [5.41, 5.74) is 17.4. The van der Waals surface area contributed by atoms with E-state index in [1.165, 1.54) is 60.8 Å². The van der Waals surface area contributed by atoms with Crippen LogP contribution >= 0.6 is 0 Å². The second-order valence-corrected chi connectivity index (χ2v) is 23.2. The van der Waals surface area contributed by atoms with Gasteiger partial charge in [-0.2, -0.15) is 0 Å².